The molecule has 30 valence electrons. The van der Waals surface area contributed by atoms with E-state index in [2.05, 4.69) is 6.58 Å². The second-order valence-corrected chi connectivity index (χ2v) is 0.726. The molecule has 0 fully saturated rings. The van der Waals surface area contributed by atoms with Gasteiger partial charge in [-0.2, -0.15) is 0 Å². The normalized spacial score (nSPS) is 14.0. The van der Waals surface area contributed by atoms with Crippen molar-refractivity contribution in [3.8, 4) is 0 Å². The molecular formula is C3H7NO. The molecule has 0 aromatic heterocycles. The van der Waals surface area contributed by atoms with E-state index in [1.165, 1.54) is 6.08 Å². The first-order valence-corrected chi connectivity index (χ1v) is 1.33. The van der Waals surface area contributed by atoms with Gasteiger partial charge in [0.1, 0.15) is 6.23 Å². The SMILES string of the molecule is C=C[C@H](N)O. The average molecular weight is 73.1 g/mol. The Kier molecular flexibility index (Phi) is 1.80. The monoisotopic (exact) mass is 73.1 g/mol. The van der Waals surface area contributed by atoms with Gasteiger partial charge in [0.15, 0.2) is 0 Å². The van der Waals surface area contributed by atoms with Crippen LogP contribution in [0.5, 0.6) is 0 Å². The van der Waals surface area contributed by atoms with E-state index >= 15 is 0 Å². The molecule has 0 rings (SSSR count). The number of nitrogens with two attached hydrogens (primary N) is 1. The minimum atomic E-state index is -0.852. The third-order valence-corrected chi connectivity index (χ3v) is 0.241. The molecule has 2 heteroatoms. The van der Waals surface area contributed by atoms with Gasteiger partial charge < -0.3 is 10.8 Å². The summed E-state index contributed by atoms with van der Waals surface area (Å²) in [5.41, 5.74) is 4.73. The summed E-state index contributed by atoms with van der Waals surface area (Å²) in [5.74, 6) is 0. The number of hydrogen-bond acceptors (Lipinski definition) is 2. The van der Waals surface area contributed by atoms with Gasteiger partial charge in [0, 0.05) is 0 Å². The van der Waals surface area contributed by atoms with Gasteiger partial charge in [-0.25, -0.2) is 0 Å². The van der Waals surface area contributed by atoms with Crippen LogP contribution in [0.25, 0.3) is 0 Å². The van der Waals surface area contributed by atoms with E-state index in [9.17, 15) is 0 Å². The Labute approximate surface area is 30.9 Å². The molecule has 0 unspecified atom stereocenters. The summed E-state index contributed by atoms with van der Waals surface area (Å²) in [6.45, 7) is 3.19. The molecule has 0 heterocycles. The van der Waals surface area contributed by atoms with E-state index in [0.717, 1.165) is 0 Å². The molecule has 0 aromatic carbocycles. The minimum absolute atomic E-state index is 0.852. The molecule has 0 aliphatic carbocycles. The molecule has 0 aliphatic heterocycles. The van der Waals surface area contributed by atoms with E-state index < -0.39 is 6.23 Å². The van der Waals surface area contributed by atoms with Crippen LogP contribution in [-0.2, 0) is 0 Å². The van der Waals surface area contributed by atoms with Gasteiger partial charge in [-0.05, 0) is 6.08 Å². The summed E-state index contributed by atoms with van der Waals surface area (Å²) in [4.78, 5) is 0. The van der Waals surface area contributed by atoms with Gasteiger partial charge >= 0.3 is 0 Å². The predicted molar refractivity (Wildman–Crippen MR) is 20.4 cm³/mol. The largest absolute Gasteiger partial charge is 0.375 e. The van der Waals surface area contributed by atoms with Crippen LogP contribution in [-0.4, -0.2) is 11.3 Å². The fraction of sp³-hybridized carbons (Fsp3) is 0.333. The lowest BCUT2D eigenvalue weighted by Crippen LogP contribution is -2.13. The molecule has 0 saturated heterocycles. The van der Waals surface area contributed by atoms with Crippen LogP contribution in [0.3, 0.4) is 0 Å². The molecule has 0 saturated carbocycles. The Hall–Kier alpha value is -0.340. The molecule has 5 heavy (non-hydrogen) atoms. The quantitative estimate of drug-likeness (QED) is 0.323. The molecule has 1 atom stereocenters. The molecule has 0 bridgehead atoms. The smallest absolute Gasteiger partial charge is 0.121 e. The third-order valence-electron chi connectivity index (χ3n) is 0.241. The summed E-state index contributed by atoms with van der Waals surface area (Å²) < 4.78 is 0. The van der Waals surface area contributed by atoms with Gasteiger partial charge in [0.05, 0.1) is 0 Å². The maximum atomic E-state index is 8.02. The van der Waals surface area contributed by atoms with Crippen LogP contribution in [0.15, 0.2) is 12.7 Å². The van der Waals surface area contributed by atoms with Gasteiger partial charge in [0.2, 0.25) is 0 Å². The molecule has 0 aliphatic rings. The van der Waals surface area contributed by atoms with Gasteiger partial charge in [-0.3, -0.25) is 0 Å². The average Bonchev–Trinajstić information content (AvgIpc) is 1.38. The molecule has 0 radical (unpaired) electrons. The van der Waals surface area contributed by atoms with E-state index in [1.54, 1.807) is 0 Å². The van der Waals surface area contributed by atoms with Crippen molar-refractivity contribution in [1.29, 1.82) is 0 Å². The van der Waals surface area contributed by atoms with Crippen LogP contribution in [0.1, 0.15) is 0 Å². The number of aliphatic hydroxyl groups is 1. The molecule has 3 N–H and O–H groups in total. The molecule has 0 amide bonds. The minimum Gasteiger partial charge on any atom is -0.375 e. The van der Waals surface area contributed by atoms with E-state index in [1.807, 2.05) is 0 Å². The van der Waals surface area contributed by atoms with Crippen LogP contribution >= 0.6 is 0 Å². The lowest BCUT2D eigenvalue weighted by atomic mass is 10.6. The number of hydrogen-bond donors (Lipinski definition) is 2. The van der Waals surface area contributed by atoms with Crippen LogP contribution < -0.4 is 5.73 Å². The third kappa shape index (κ3) is 3.66. The molecule has 0 aromatic rings. The lowest BCUT2D eigenvalue weighted by molar-refractivity contribution is 0.232. The van der Waals surface area contributed by atoms with Crippen molar-refractivity contribution in [2.24, 2.45) is 5.73 Å². The predicted octanol–water partition coefficient (Wildman–Crippen LogP) is -0.550. The highest BCUT2D eigenvalue weighted by atomic mass is 16.3. The maximum absolute atomic E-state index is 8.02. The Morgan fingerprint density at radius 2 is 2.20 bits per heavy atom. The van der Waals surface area contributed by atoms with Crippen molar-refractivity contribution >= 4 is 0 Å². The highest BCUT2D eigenvalue weighted by Gasteiger charge is 1.74. The highest BCUT2D eigenvalue weighted by Crippen LogP contribution is 1.61. The fourth-order valence-corrected chi connectivity index (χ4v) is 0. The van der Waals surface area contributed by atoms with Crippen molar-refractivity contribution in [3.05, 3.63) is 12.7 Å². The summed E-state index contributed by atoms with van der Waals surface area (Å²) in [5, 5.41) is 8.02. The van der Waals surface area contributed by atoms with Crippen LogP contribution in [0, 0.1) is 0 Å². The zero-order valence-electron chi connectivity index (χ0n) is 2.89. The summed E-state index contributed by atoms with van der Waals surface area (Å²) in [7, 11) is 0. The molecular weight excluding hydrogens is 66.0 g/mol. The van der Waals surface area contributed by atoms with Crippen molar-refractivity contribution in [2.45, 2.75) is 6.23 Å². The van der Waals surface area contributed by atoms with E-state index in [0.29, 0.717) is 0 Å². The Balaban J connectivity index is 2.83. The first kappa shape index (κ1) is 4.66. The molecule has 2 nitrogen and oxygen atoms in total. The second-order valence-electron chi connectivity index (χ2n) is 0.726. The van der Waals surface area contributed by atoms with Gasteiger partial charge in [-0.15, -0.1) is 0 Å². The van der Waals surface area contributed by atoms with E-state index in [4.69, 9.17) is 10.8 Å². The van der Waals surface area contributed by atoms with E-state index in [-0.39, 0.29) is 0 Å². The second kappa shape index (κ2) is 1.93. The van der Waals surface area contributed by atoms with Gasteiger partial charge in [0.25, 0.3) is 0 Å². The molecule has 0 spiro atoms. The summed E-state index contributed by atoms with van der Waals surface area (Å²) >= 11 is 0. The maximum Gasteiger partial charge on any atom is 0.121 e. The Morgan fingerprint density at radius 3 is 2.20 bits per heavy atom. The lowest BCUT2D eigenvalue weighted by Gasteiger charge is -1.85. The summed E-state index contributed by atoms with van der Waals surface area (Å²) in [6.07, 6.45) is 0.398. The summed E-state index contributed by atoms with van der Waals surface area (Å²) in [6, 6.07) is 0. The Morgan fingerprint density at radius 1 is 2.00 bits per heavy atom. The Bertz CT molecular complexity index is 33.9. The van der Waals surface area contributed by atoms with Crippen LogP contribution in [0.4, 0.5) is 0 Å². The zero-order valence-corrected chi connectivity index (χ0v) is 2.89. The number of aliphatic hydroxyl groups excluding tert-OH is 1. The number of rotatable bonds is 1. The van der Waals surface area contributed by atoms with Crippen molar-refractivity contribution < 1.29 is 5.11 Å². The van der Waals surface area contributed by atoms with Gasteiger partial charge in [-0.1, -0.05) is 6.58 Å². The zero-order chi connectivity index (χ0) is 4.28. The first-order chi connectivity index (χ1) is 2.27. The standard InChI is InChI=1S/C3H7NO/c1-2-3(4)5/h2-3,5H,1,4H2/t3-/m1/s1. The topological polar surface area (TPSA) is 46.2 Å². The van der Waals surface area contributed by atoms with Crippen LogP contribution in [0.2, 0.25) is 0 Å². The van der Waals surface area contributed by atoms with Crippen molar-refractivity contribution in [2.75, 3.05) is 0 Å². The fourth-order valence-electron chi connectivity index (χ4n) is 0. The van der Waals surface area contributed by atoms with Crippen molar-refractivity contribution in [1.82, 2.24) is 0 Å². The van der Waals surface area contributed by atoms with Crippen molar-refractivity contribution in [3.63, 3.8) is 0 Å². The highest BCUT2D eigenvalue weighted by molar-refractivity contribution is 4.70. The first-order valence-electron chi connectivity index (χ1n) is 1.33.